The van der Waals surface area contributed by atoms with Gasteiger partial charge in [-0.05, 0) is 129 Å². The van der Waals surface area contributed by atoms with E-state index >= 15 is 0 Å². The zero-order valence-electron chi connectivity index (χ0n) is 42.1. The minimum absolute atomic E-state index is 0.611. The van der Waals surface area contributed by atoms with Crippen molar-refractivity contribution < 1.29 is 0 Å². The van der Waals surface area contributed by atoms with Crippen LogP contribution in [0.1, 0.15) is 118 Å². The fourth-order valence-corrected chi connectivity index (χ4v) is 8.69. The average Bonchev–Trinajstić information content (AvgIpc) is 3.78. The van der Waals surface area contributed by atoms with Crippen molar-refractivity contribution in [1.82, 2.24) is 0 Å². The van der Waals surface area contributed by atoms with Gasteiger partial charge >= 0.3 is 0 Å². The van der Waals surface area contributed by atoms with Crippen molar-refractivity contribution in [2.45, 2.75) is 108 Å². The molecule has 0 atom stereocenters. The maximum Gasteiger partial charge on any atom is 0.121 e. The summed E-state index contributed by atoms with van der Waals surface area (Å²) in [7, 11) is 1.50. The Labute approximate surface area is 404 Å². The topological polar surface area (TPSA) is 88.2 Å². The molecular formula is C61H80N4S. The first kappa shape index (κ1) is 57.9. The first-order valence-electron chi connectivity index (χ1n) is 23.7. The molecule has 0 saturated carbocycles. The molecule has 5 aromatic carbocycles. The second kappa shape index (κ2) is 35.2. The molecule has 0 aliphatic heterocycles. The Kier molecular flexibility index (Phi) is 30.8. The van der Waals surface area contributed by atoms with Crippen LogP contribution in [0.15, 0.2) is 174 Å². The van der Waals surface area contributed by atoms with Crippen LogP contribution in [-0.4, -0.2) is 19.6 Å². The minimum atomic E-state index is 0.611. The summed E-state index contributed by atoms with van der Waals surface area (Å²) in [6, 6.07) is 50.8. The summed E-state index contributed by atoms with van der Waals surface area (Å²) >= 11 is 1.95. The molecule has 0 bridgehead atoms. The lowest BCUT2D eigenvalue weighted by atomic mass is 9.80. The number of hydrogen-bond acceptors (Lipinski definition) is 4. The molecule has 8 rings (SSSR count). The van der Waals surface area contributed by atoms with E-state index in [0.29, 0.717) is 12.4 Å². The summed E-state index contributed by atoms with van der Waals surface area (Å²) in [6.45, 7) is 23.6. The van der Waals surface area contributed by atoms with Crippen LogP contribution in [0.4, 0.5) is 0 Å². The highest BCUT2D eigenvalue weighted by atomic mass is 32.1. The van der Waals surface area contributed by atoms with E-state index in [-0.39, 0.29) is 0 Å². The third kappa shape index (κ3) is 18.8. The lowest BCUT2D eigenvalue weighted by molar-refractivity contribution is 0.942. The zero-order chi connectivity index (χ0) is 49.1. The van der Waals surface area contributed by atoms with Gasteiger partial charge in [0.1, 0.15) is 5.84 Å². The standard InChI is InChI=1S/C39H38N2S.2C7H8.3C2H6.CH5N.CH3N/c1-3-33-35-23-22-34(32-17-11-16-29(25-32)24-27-12-7-5-8-13-27)37(38(35)42-36(33)4-2)30-18-20-31(21-19-30)39(40)41-26-28-14-9-6-10-15-28;2*1-7-5-3-2-4-6-7;5*1-2/h3-18,20,25H,19,21-24,26H2,1-2H3,(H2,40,41);2*2-6H,1H3;3*1-2H3;2H2,1H3;2H,1H2/b33-3-,36-4+;;;;;;;. The molecule has 5 heteroatoms. The molecule has 2 aliphatic carbocycles. The zero-order valence-corrected chi connectivity index (χ0v) is 42.9. The maximum absolute atomic E-state index is 6.49. The summed E-state index contributed by atoms with van der Waals surface area (Å²) < 4.78 is 1.38. The highest BCUT2D eigenvalue weighted by Gasteiger charge is 2.27. The summed E-state index contributed by atoms with van der Waals surface area (Å²) in [5.74, 6) is 0.656. The minimum Gasteiger partial charge on any atom is -0.384 e. The number of aryl methyl sites for hydroxylation is 2. The largest absolute Gasteiger partial charge is 0.384 e. The molecule has 0 spiro atoms. The summed E-state index contributed by atoms with van der Waals surface area (Å²) in [4.78, 5) is 6.16. The van der Waals surface area contributed by atoms with Gasteiger partial charge in [-0.3, -0.25) is 4.99 Å². The molecular weight excluding hydrogens is 821 g/mol. The predicted octanol–water partition coefficient (Wildman–Crippen LogP) is 14.9. The Balaban J connectivity index is 0.000000750. The first-order chi connectivity index (χ1) is 32.4. The Bertz CT molecular complexity index is 2420. The number of thiophene rings is 1. The quantitative estimate of drug-likeness (QED) is 0.110. The third-order valence-electron chi connectivity index (χ3n) is 10.3. The number of fused-ring (bicyclic) bond motifs is 1. The SMILES string of the molecule is C/C=c1/c2c(s/c1=C/C)C(C1=CC=C(C(N)=NCc3ccccc3)CC1)=C(c1cccc(Cc3ccccc3)c1)CC2.C=N.CC.CC.CC.CN.Cc1ccccc1.Cc1ccccc1. The second-order valence-corrected chi connectivity index (χ2v) is 15.4. The van der Waals surface area contributed by atoms with E-state index in [0.717, 1.165) is 37.7 Å². The third-order valence-corrected chi connectivity index (χ3v) is 11.6. The van der Waals surface area contributed by atoms with Gasteiger partial charge in [-0.15, -0.1) is 11.3 Å². The Hall–Kier alpha value is -6.14. The van der Waals surface area contributed by atoms with Crippen LogP contribution in [0.25, 0.3) is 23.3 Å². The van der Waals surface area contributed by atoms with E-state index in [1.54, 1.807) is 0 Å². The van der Waals surface area contributed by atoms with E-state index in [9.17, 15) is 0 Å². The van der Waals surface area contributed by atoms with Crippen molar-refractivity contribution in [2.24, 2.45) is 16.5 Å². The van der Waals surface area contributed by atoms with Gasteiger partial charge in [0, 0.05) is 9.41 Å². The first-order valence-corrected chi connectivity index (χ1v) is 24.6. The molecule has 350 valence electrons. The Morgan fingerprint density at radius 2 is 1.11 bits per heavy atom. The van der Waals surface area contributed by atoms with Gasteiger partial charge < -0.3 is 16.9 Å². The van der Waals surface area contributed by atoms with Gasteiger partial charge in [0.2, 0.25) is 0 Å². The fraction of sp³-hybridized carbons (Fsp3) is 0.279. The highest BCUT2D eigenvalue weighted by molar-refractivity contribution is 7.11. The molecule has 0 saturated heterocycles. The molecule has 1 heterocycles. The molecule has 66 heavy (non-hydrogen) atoms. The number of nitrogens with two attached hydrogens (primary N) is 2. The van der Waals surface area contributed by atoms with Crippen molar-refractivity contribution in [3.63, 3.8) is 0 Å². The van der Waals surface area contributed by atoms with Crippen molar-refractivity contribution in [2.75, 3.05) is 7.05 Å². The number of allylic oxidation sites excluding steroid dienone is 5. The van der Waals surface area contributed by atoms with Gasteiger partial charge in [0.25, 0.3) is 0 Å². The summed E-state index contributed by atoms with van der Waals surface area (Å²) in [6.07, 6.45) is 14.0. The van der Waals surface area contributed by atoms with Crippen molar-refractivity contribution >= 4 is 47.2 Å². The molecule has 0 unspecified atom stereocenters. The van der Waals surface area contributed by atoms with E-state index in [4.69, 9.17) is 16.1 Å². The molecule has 0 radical (unpaired) electrons. The fourth-order valence-electron chi connectivity index (χ4n) is 7.31. The van der Waals surface area contributed by atoms with Gasteiger partial charge in [0.05, 0.1) is 6.54 Å². The van der Waals surface area contributed by atoms with Crippen LogP contribution in [0.5, 0.6) is 0 Å². The second-order valence-electron chi connectivity index (χ2n) is 14.4. The smallest absolute Gasteiger partial charge is 0.121 e. The van der Waals surface area contributed by atoms with Crippen LogP contribution in [-0.2, 0) is 19.4 Å². The molecule has 6 aromatic rings. The van der Waals surface area contributed by atoms with Crippen LogP contribution in [0.2, 0.25) is 0 Å². The monoisotopic (exact) mass is 901 g/mol. The number of benzene rings is 5. The lowest BCUT2D eigenvalue weighted by Gasteiger charge is -2.25. The molecule has 0 fully saturated rings. The van der Waals surface area contributed by atoms with E-state index in [1.807, 2.05) is 107 Å². The van der Waals surface area contributed by atoms with E-state index in [2.05, 4.69) is 155 Å². The number of amidine groups is 1. The van der Waals surface area contributed by atoms with Gasteiger partial charge in [-0.2, -0.15) is 0 Å². The molecule has 1 aromatic heterocycles. The molecule has 0 amide bonds. The van der Waals surface area contributed by atoms with E-state index < -0.39 is 0 Å². The molecule has 4 nitrogen and oxygen atoms in total. The molecule has 5 N–H and O–H groups in total. The predicted molar refractivity (Wildman–Crippen MR) is 298 cm³/mol. The highest BCUT2D eigenvalue weighted by Crippen LogP contribution is 2.44. The van der Waals surface area contributed by atoms with Crippen molar-refractivity contribution in [3.05, 3.63) is 222 Å². The number of hydrogen-bond donors (Lipinski definition) is 3. The van der Waals surface area contributed by atoms with Crippen LogP contribution >= 0.6 is 11.3 Å². The number of aliphatic imine (C=N–C) groups is 1. The van der Waals surface area contributed by atoms with Crippen molar-refractivity contribution in [3.8, 4) is 0 Å². The van der Waals surface area contributed by atoms with Gasteiger partial charge in [0.15, 0.2) is 0 Å². The van der Waals surface area contributed by atoms with Crippen LogP contribution in [0.3, 0.4) is 0 Å². The summed E-state index contributed by atoms with van der Waals surface area (Å²) in [5.41, 5.74) is 25.8. The van der Waals surface area contributed by atoms with Gasteiger partial charge in [-0.25, -0.2) is 0 Å². The number of nitrogens with zero attached hydrogens (tertiary/aromatic N) is 1. The average molecular weight is 901 g/mol. The maximum atomic E-state index is 6.49. The Morgan fingerprint density at radius 1 is 0.606 bits per heavy atom. The van der Waals surface area contributed by atoms with Crippen LogP contribution < -0.4 is 21.2 Å². The number of rotatable bonds is 7. The number of nitrogens with one attached hydrogen (secondary N) is 1. The van der Waals surface area contributed by atoms with Crippen LogP contribution in [0, 0.1) is 19.3 Å². The normalized spacial score (nSPS) is 12.7. The molecule has 2 aliphatic rings. The Morgan fingerprint density at radius 3 is 1.56 bits per heavy atom. The summed E-state index contributed by atoms with van der Waals surface area (Å²) in [5, 5.41) is 6.91. The van der Waals surface area contributed by atoms with Crippen molar-refractivity contribution in [1.29, 1.82) is 5.41 Å². The lowest BCUT2D eigenvalue weighted by Crippen LogP contribution is -2.22. The van der Waals surface area contributed by atoms with Gasteiger partial charge in [-0.1, -0.05) is 223 Å². The van der Waals surface area contributed by atoms with E-state index in [1.165, 1.54) is 77.3 Å².